The van der Waals surface area contributed by atoms with E-state index in [-0.39, 0.29) is 12.2 Å². The van der Waals surface area contributed by atoms with Gasteiger partial charge in [0.2, 0.25) is 0 Å². The van der Waals surface area contributed by atoms with E-state index in [0.717, 1.165) is 26.0 Å². The van der Waals surface area contributed by atoms with E-state index in [1.54, 1.807) is 25.5 Å². The molecular weight excluding hydrogens is 551 g/mol. The molecule has 0 spiro atoms. The number of hydrogen-bond acceptors (Lipinski definition) is 6. The Morgan fingerprint density at radius 1 is 1.21 bits per heavy atom. The molecule has 2 aromatic carbocycles. The van der Waals surface area contributed by atoms with Gasteiger partial charge in [0, 0.05) is 0 Å². The van der Waals surface area contributed by atoms with Crippen LogP contribution in [-0.4, -0.2) is 24.3 Å². The first-order valence-corrected chi connectivity index (χ1v) is 12.3. The molecule has 6 nitrogen and oxygen atoms in total. The molecule has 33 heavy (non-hydrogen) atoms. The van der Waals surface area contributed by atoms with Gasteiger partial charge in [-0.3, -0.25) is 9.36 Å². The summed E-state index contributed by atoms with van der Waals surface area (Å²) in [4.78, 5) is 31.7. The van der Waals surface area contributed by atoms with E-state index < -0.39 is 12.0 Å². The molecule has 170 valence electrons. The van der Waals surface area contributed by atoms with Gasteiger partial charge in [-0.15, -0.1) is 0 Å². The fourth-order valence-electron chi connectivity index (χ4n) is 3.78. The number of carbonyl (C=O) groups is 1. The zero-order valence-electron chi connectivity index (χ0n) is 18.7. The number of rotatable bonds is 5. The summed E-state index contributed by atoms with van der Waals surface area (Å²) in [6.07, 6.45) is 1.85. The van der Waals surface area contributed by atoms with Gasteiger partial charge in [0.1, 0.15) is 5.75 Å². The van der Waals surface area contributed by atoms with Crippen LogP contribution in [0.1, 0.15) is 36.6 Å². The SMILES string of the molecule is CCOC(=O)C1=C(C)N=c2s/c(=C\c3ccc(OC)c(I)c3)c(=O)n2[C@@H]1c1ccc(C)cc1. The Kier molecular flexibility index (Phi) is 6.85. The lowest BCUT2D eigenvalue weighted by Crippen LogP contribution is -2.39. The average molecular weight is 574 g/mol. The molecule has 1 aliphatic rings. The second-order valence-corrected chi connectivity index (χ2v) is 9.78. The van der Waals surface area contributed by atoms with E-state index in [4.69, 9.17) is 9.47 Å². The number of carbonyl (C=O) groups excluding carboxylic acids is 1. The van der Waals surface area contributed by atoms with Gasteiger partial charge in [-0.25, -0.2) is 9.79 Å². The molecule has 8 heteroatoms. The summed E-state index contributed by atoms with van der Waals surface area (Å²) in [5.41, 5.74) is 3.58. The van der Waals surface area contributed by atoms with Crippen LogP contribution in [0.2, 0.25) is 0 Å². The summed E-state index contributed by atoms with van der Waals surface area (Å²) in [7, 11) is 1.63. The number of allylic oxidation sites excluding steroid dienone is 1. The Hall–Kier alpha value is -2.72. The quantitative estimate of drug-likeness (QED) is 0.344. The Morgan fingerprint density at radius 3 is 2.58 bits per heavy atom. The first-order chi connectivity index (χ1) is 15.8. The zero-order chi connectivity index (χ0) is 23.7. The summed E-state index contributed by atoms with van der Waals surface area (Å²) in [5.74, 6) is 0.326. The topological polar surface area (TPSA) is 69.9 Å². The second-order valence-electron chi connectivity index (χ2n) is 7.61. The average Bonchev–Trinajstić information content (AvgIpc) is 3.08. The van der Waals surface area contributed by atoms with Gasteiger partial charge in [0.05, 0.1) is 39.1 Å². The summed E-state index contributed by atoms with van der Waals surface area (Å²) in [6, 6.07) is 13.0. The number of aryl methyl sites for hydroxylation is 1. The zero-order valence-corrected chi connectivity index (χ0v) is 21.7. The molecule has 0 saturated heterocycles. The summed E-state index contributed by atoms with van der Waals surface area (Å²) < 4.78 is 13.8. The maximum absolute atomic E-state index is 13.6. The number of benzene rings is 2. The van der Waals surface area contributed by atoms with E-state index in [2.05, 4.69) is 27.6 Å². The minimum Gasteiger partial charge on any atom is -0.496 e. The third-order valence-electron chi connectivity index (χ3n) is 5.38. The molecule has 0 amide bonds. The highest BCUT2D eigenvalue weighted by Gasteiger charge is 2.33. The molecule has 3 aromatic rings. The molecule has 0 radical (unpaired) electrons. The van der Waals surface area contributed by atoms with Crippen LogP contribution in [0, 0.1) is 10.5 Å². The van der Waals surface area contributed by atoms with Crippen molar-refractivity contribution in [3.8, 4) is 5.75 Å². The first kappa shape index (κ1) is 23.4. The smallest absolute Gasteiger partial charge is 0.338 e. The largest absolute Gasteiger partial charge is 0.496 e. The molecule has 0 saturated carbocycles. The molecule has 4 rings (SSSR count). The van der Waals surface area contributed by atoms with Gasteiger partial charge in [-0.1, -0.05) is 47.2 Å². The number of hydrogen-bond donors (Lipinski definition) is 0. The van der Waals surface area contributed by atoms with Crippen LogP contribution in [0.5, 0.6) is 5.75 Å². The molecule has 1 atom stereocenters. The molecule has 0 N–H and O–H groups in total. The monoisotopic (exact) mass is 574 g/mol. The Morgan fingerprint density at radius 2 is 1.94 bits per heavy atom. The van der Waals surface area contributed by atoms with E-state index in [1.165, 1.54) is 11.3 Å². The van der Waals surface area contributed by atoms with Crippen molar-refractivity contribution < 1.29 is 14.3 Å². The molecule has 0 unspecified atom stereocenters. The molecule has 0 aliphatic carbocycles. The van der Waals surface area contributed by atoms with Crippen LogP contribution < -0.4 is 19.6 Å². The maximum Gasteiger partial charge on any atom is 0.338 e. The highest BCUT2D eigenvalue weighted by Crippen LogP contribution is 2.31. The number of fused-ring (bicyclic) bond motifs is 1. The lowest BCUT2D eigenvalue weighted by molar-refractivity contribution is -0.139. The van der Waals surface area contributed by atoms with E-state index >= 15 is 0 Å². The number of ether oxygens (including phenoxy) is 2. The van der Waals surface area contributed by atoms with Crippen LogP contribution >= 0.6 is 33.9 Å². The van der Waals surface area contributed by atoms with E-state index in [0.29, 0.717) is 20.6 Å². The van der Waals surface area contributed by atoms with Gasteiger partial charge < -0.3 is 9.47 Å². The van der Waals surface area contributed by atoms with Crippen molar-refractivity contribution in [1.82, 2.24) is 4.57 Å². The highest BCUT2D eigenvalue weighted by atomic mass is 127. The van der Waals surface area contributed by atoms with Gasteiger partial charge in [0.25, 0.3) is 5.56 Å². The van der Waals surface area contributed by atoms with Crippen LogP contribution in [0.3, 0.4) is 0 Å². The fraction of sp³-hybridized carbons (Fsp3) is 0.240. The van der Waals surface area contributed by atoms with Crippen molar-refractivity contribution in [1.29, 1.82) is 0 Å². The van der Waals surface area contributed by atoms with Crippen molar-refractivity contribution in [2.24, 2.45) is 4.99 Å². The van der Waals surface area contributed by atoms with Crippen molar-refractivity contribution >= 4 is 46.0 Å². The third-order valence-corrected chi connectivity index (χ3v) is 7.21. The fourth-order valence-corrected chi connectivity index (χ4v) is 5.59. The lowest BCUT2D eigenvalue weighted by atomic mass is 9.95. The number of aromatic nitrogens is 1. The first-order valence-electron chi connectivity index (χ1n) is 10.4. The van der Waals surface area contributed by atoms with Crippen molar-refractivity contribution in [3.63, 3.8) is 0 Å². The number of thiazole rings is 1. The number of methoxy groups -OCH3 is 1. The maximum atomic E-state index is 13.6. The van der Waals surface area contributed by atoms with Crippen LogP contribution in [0.15, 0.2) is 63.5 Å². The molecule has 1 aromatic heterocycles. The van der Waals surface area contributed by atoms with Crippen LogP contribution in [0.4, 0.5) is 0 Å². The summed E-state index contributed by atoms with van der Waals surface area (Å²) in [6.45, 7) is 5.80. The van der Waals surface area contributed by atoms with Crippen molar-refractivity contribution in [3.05, 3.63) is 93.7 Å². The minimum absolute atomic E-state index is 0.190. The van der Waals surface area contributed by atoms with Crippen molar-refractivity contribution in [2.75, 3.05) is 13.7 Å². The lowest BCUT2D eigenvalue weighted by Gasteiger charge is -2.24. The number of nitrogens with zero attached hydrogens (tertiary/aromatic N) is 2. The molecular formula is C25H23IN2O4S. The van der Waals surface area contributed by atoms with Gasteiger partial charge in [-0.05, 0) is 72.7 Å². The Balaban J connectivity index is 1.93. The predicted octanol–water partition coefficient (Wildman–Crippen LogP) is 3.72. The van der Waals surface area contributed by atoms with Gasteiger partial charge in [-0.2, -0.15) is 0 Å². The predicted molar refractivity (Wildman–Crippen MR) is 137 cm³/mol. The molecule has 1 aliphatic heterocycles. The van der Waals surface area contributed by atoms with Gasteiger partial charge >= 0.3 is 5.97 Å². The Bertz CT molecular complexity index is 1430. The third kappa shape index (κ3) is 4.54. The second kappa shape index (κ2) is 9.64. The molecule has 2 heterocycles. The van der Waals surface area contributed by atoms with Crippen molar-refractivity contribution in [2.45, 2.75) is 26.8 Å². The summed E-state index contributed by atoms with van der Waals surface area (Å²) >= 11 is 3.52. The summed E-state index contributed by atoms with van der Waals surface area (Å²) in [5, 5.41) is 0. The normalized spacial score (nSPS) is 15.8. The molecule has 0 bridgehead atoms. The van der Waals surface area contributed by atoms with Crippen LogP contribution in [-0.2, 0) is 9.53 Å². The van der Waals surface area contributed by atoms with E-state index in [9.17, 15) is 9.59 Å². The number of halogens is 1. The number of esters is 1. The Labute approximate surface area is 209 Å². The van der Waals surface area contributed by atoms with Gasteiger partial charge in [0.15, 0.2) is 4.80 Å². The van der Waals surface area contributed by atoms with E-state index in [1.807, 2.05) is 55.5 Å². The minimum atomic E-state index is -0.598. The van der Waals surface area contributed by atoms with Crippen LogP contribution in [0.25, 0.3) is 6.08 Å². The standard InChI is InChI=1S/C25H23IN2O4S/c1-5-32-24(30)21-15(3)27-25-28(22(21)17-9-6-14(2)7-10-17)23(29)20(33-25)13-16-8-11-19(31-4)18(26)12-16/h6-13,22H,5H2,1-4H3/b20-13-/t22-/m1/s1. The molecule has 0 fully saturated rings. The highest BCUT2D eigenvalue weighted by molar-refractivity contribution is 14.1.